The Balaban J connectivity index is 2.31. The summed E-state index contributed by atoms with van der Waals surface area (Å²) < 4.78 is 5.30. The van der Waals surface area contributed by atoms with Gasteiger partial charge in [-0.15, -0.1) is 0 Å². The average Bonchev–Trinajstić information content (AvgIpc) is 2.51. The number of esters is 1. The van der Waals surface area contributed by atoms with Gasteiger partial charge in [0, 0.05) is 6.42 Å². The van der Waals surface area contributed by atoms with Crippen LogP contribution in [0.4, 0.5) is 0 Å². The minimum absolute atomic E-state index is 0.0305. The van der Waals surface area contributed by atoms with Crippen molar-refractivity contribution < 1.29 is 14.3 Å². The van der Waals surface area contributed by atoms with Gasteiger partial charge in [-0.05, 0) is 76.0 Å². The molecule has 1 aromatic rings. The minimum Gasteiger partial charge on any atom is -0.465 e. The zero-order valence-corrected chi connectivity index (χ0v) is 15.7. The maximum atomic E-state index is 13.2. The molecule has 24 heavy (non-hydrogen) atoms. The van der Waals surface area contributed by atoms with Gasteiger partial charge in [0.05, 0.1) is 6.61 Å². The van der Waals surface area contributed by atoms with Crippen LogP contribution in [0, 0.1) is 32.1 Å². The molecule has 0 saturated heterocycles. The van der Waals surface area contributed by atoms with Gasteiger partial charge in [0.1, 0.15) is 5.41 Å². The van der Waals surface area contributed by atoms with E-state index in [0.29, 0.717) is 31.8 Å². The van der Waals surface area contributed by atoms with Gasteiger partial charge >= 0.3 is 5.97 Å². The number of carbonyl (C=O) groups excluding carboxylic acids is 2. The lowest BCUT2D eigenvalue weighted by Gasteiger charge is -2.36. The van der Waals surface area contributed by atoms with Crippen molar-refractivity contribution in [1.29, 1.82) is 0 Å². The summed E-state index contributed by atoms with van der Waals surface area (Å²) in [6.07, 6.45) is 3.39. The first kappa shape index (κ1) is 18.7. The molecule has 0 atom stereocenters. The Hall–Kier alpha value is -1.64. The van der Waals surface area contributed by atoms with Crippen LogP contribution in [0.1, 0.15) is 61.8 Å². The quantitative estimate of drug-likeness (QED) is 0.590. The third-order valence-corrected chi connectivity index (χ3v) is 5.51. The smallest absolute Gasteiger partial charge is 0.319 e. The van der Waals surface area contributed by atoms with Gasteiger partial charge in [-0.25, -0.2) is 0 Å². The number of hydrogen-bond acceptors (Lipinski definition) is 3. The monoisotopic (exact) mass is 330 g/mol. The van der Waals surface area contributed by atoms with Crippen molar-refractivity contribution in [2.24, 2.45) is 11.3 Å². The predicted octanol–water partition coefficient (Wildman–Crippen LogP) is 4.48. The van der Waals surface area contributed by atoms with Crippen LogP contribution in [0.15, 0.2) is 12.1 Å². The van der Waals surface area contributed by atoms with E-state index in [1.165, 1.54) is 5.56 Å². The number of Topliss-reactive ketones (excluding diaryl/α,β-unsaturated/α-hetero) is 1. The molecule has 0 aromatic heterocycles. The highest BCUT2D eigenvalue weighted by molar-refractivity contribution is 6.04. The van der Waals surface area contributed by atoms with E-state index in [1.807, 2.05) is 13.8 Å². The lowest BCUT2D eigenvalue weighted by atomic mass is 9.67. The Morgan fingerprint density at radius 1 is 1.12 bits per heavy atom. The molecular weight excluding hydrogens is 300 g/mol. The fourth-order valence-corrected chi connectivity index (χ4v) is 3.94. The third kappa shape index (κ3) is 3.71. The normalized spacial score (nSPS) is 23.8. The highest BCUT2D eigenvalue weighted by Crippen LogP contribution is 2.42. The van der Waals surface area contributed by atoms with E-state index in [0.717, 1.165) is 29.5 Å². The number of ether oxygens (including phenoxy) is 1. The van der Waals surface area contributed by atoms with Gasteiger partial charge in [-0.3, -0.25) is 9.59 Å². The van der Waals surface area contributed by atoms with E-state index >= 15 is 0 Å². The lowest BCUT2D eigenvalue weighted by Crippen LogP contribution is -2.44. The van der Waals surface area contributed by atoms with Gasteiger partial charge in [0.2, 0.25) is 0 Å². The number of rotatable bonds is 5. The van der Waals surface area contributed by atoms with Crippen molar-refractivity contribution in [3.8, 4) is 0 Å². The molecule has 0 radical (unpaired) electrons. The van der Waals surface area contributed by atoms with Crippen LogP contribution in [0.5, 0.6) is 0 Å². The van der Waals surface area contributed by atoms with Gasteiger partial charge in [0.15, 0.2) is 5.78 Å². The summed E-state index contributed by atoms with van der Waals surface area (Å²) in [5.74, 6) is 0.287. The number of aryl methyl sites for hydroxylation is 3. The van der Waals surface area contributed by atoms with Crippen molar-refractivity contribution in [3.05, 3.63) is 34.4 Å². The van der Waals surface area contributed by atoms with Crippen molar-refractivity contribution in [3.63, 3.8) is 0 Å². The standard InChI is InChI=1S/C21H30O3/c1-6-24-20(23)21(9-7-14(2)8-10-21)19(22)13-18-16(4)11-15(3)12-17(18)5/h11-12,14H,6-10,13H2,1-5H3. The molecule has 1 aromatic carbocycles. The fourth-order valence-electron chi connectivity index (χ4n) is 3.94. The minimum atomic E-state index is -0.938. The summed E-state index contributed by atoms with van der Waals surface area (Å²) in [5, 5.41) is 0. The van der Waals surface area contributed by atoms with Gasteiger partial charge in [-0.2, -0.15) is 0 Å². The first-order valence-electron chi connectivity index (χ1n) is 9.07. The van der Waals surface area contributed by atoms with E-state index in [4.69, 9.17) is 4.74 Å². The van der Waals surface area contributed by atoms with Gasteiger partial charge in [0.25, 0.3) is 0 Å². The van der Waals surface area contributed by atoms with Crippen LogP contribution in [0.25, 0.3) is 0 Å². The number of benzene rings is 1. The molecule has 0 bridgehead atoms. The average molecular weight is 330 g/mol. The van der Waals surface area contributed by atoms with Gasteiger partial charge < -0.3 is 4.74 Å². The second-order valence-corrected chi connectivity index (χ2v) is 7.46. The molecule has 1 aliphatic carbocycles. The lowest BCUT2D eigenvalue weighted by molar-refractivity contribution is -0.163. The fraction of sp³-hybridized carbons (Fsp3) is 0.619. The SMILES string of the molecule is CCOC(=O)C1(C(=O)Cc2c(C)cc(C)cc2C)CCC(C)CC1. The summed E-state index contributed by atoms with van der Waals surface area (Å²) >= 11 is 0. The van der Waals surface area contributed by atoms with Crippen LogP contribution in [-0.4, -0.2) is 18.4 Å². The zero-order chi connectivity index (χ0) is 17.9. The molecule has 0 amide bonds. The molecule has 0 N–H and O–H groups in total. The van der Waals surface area contributed by atoms with Crippen LogP contribution >= 0.6 is 0 Å². The maximum absolute atomic E-state index is 13.2. The molecule has 0 heterocycles. The molecule has 0 unspecified atom stereocenters. The Morgan fingerprint density at radius 3 is 2.17 bits per heavy atom. The first-order valence-corrected chi connectivity index (χ1v) is 9.07. The largest absolute Gasteiger partial charge is 0.465 e. The predicted molar refractivity (Wildman–Crippen MR) is 96.1 cm³/mol. The Labute approximate surface area is 145 Å². The zero-order valence-electron chi connectivity index (χ0n) is 15.7. The maximum Gasteiger partial charge on any atom is 0.319 e. The van der Waals surface area contributed by atoms with E-state index in [-0.39, 0.29) is 11.8 Å². The topological polar surface area (TPSA) is 43.4 Å². The first-order chi connectivity index (χ1) is 11.3. The molecule has 3 heteroatoms. The molecule has 0 aliphatic heterocycles. The second-order valence-electron chi connectivity index (χ2n) is 7.46. The number of carbonyl (C=O) groups is 2. The summed E-state index contributed by atoms with van der Waals surface area (Å²) in [4.78, 5) is 25.8. The highest BCUT2D eigenvalue weighted by atomic mass is 16.5. The highest BCUT2D eigenvalue weighted by Gasteiger charge is 2.48. The molecule has 132 valence electrons. The summed E-state index contributed by atoms with van der Waals surface area (Å²) in [6.45, 7) is 10.5. The van der Waals surface area contributed by atoms with Gasteiger partial charge in [-0.1, -0.05) is 24.6 Å². The molecule has 3 nitrogen and oxygen atoms in total. The summed E-state index contributed by atoms with van der Waals surface area (Å²) in [6, 6.07) is 4.21. The number of hydrogen-bond donors (Lipinski definition) is 0. The molecule has 1 saturated carbocycles. The molecule has 1 fully saturated rings. The third-order valence-electron chi connectivity index (χ3n) is 5.51. The van der Waals surface area contributed by atoms with E-state index in [9.17, 15) is 9.59 Å². The van der Waals surface area contributed by atoms with Crippen LogP contribution in [-0.2, 0) is 20.7 Å². The molecule has 1 aliphatic rings. The van der Waals surface area contributed by atoms with E-state index in [1.54, 1.807) is 6.92 Å². The van der Waals surface area contributed by atoms with Crippen molar-refractivity contribution in [2.75, 3.05) is 6.61 Å². The van der Waals surface area contributed by atoms with Crippen LogP contribution in [0.2, 0.25) is 0 Å². The van der Waals surface area contributed by atoms with Crippen LogP contribution in [0.3, 0.4) is 0 Å². The van der Waals surface area contributed by atoms with Crippen molar-refractivity contribution in [1.82, 2.24) is 0 Å². The van der Waals surface area contributed by atoms with Crippen molar-refractivity contribution in [2.45, 2.75) is 66.7 Å². The Kier molecular flexibility index (Phi) is 5.84. The van der Waals surface area contributed by atoms with Crippen LogP contribution < -0.4 is 0 Å². The second kappa shape index (κ2) is 7.50. The van der Waals surface area contributed by atoms with E-state index < -0.39 is 5.41 Å². The molecule has 2 rings (SSSR count). The summed E-state index contributed by atoms with van der Waals surface area (Å²) in [7, 11) is 0. The Bertz CT molecular complexity index is 599. The van der Waals surface area contributed by atoms with Crippen molar-refractivity contribution >= 4 is 11.8 Å². The number of ketones is 1. The molecular formula is C21H30O3. The molecule has 0 spiro atoms. The summed E-state index contributed by atoms with van der Waals surface area (Å²) in [5.41, 5.74) is 3.58. The Morgan fingerprint density at radius 2 is 1.67 bits per heavy atom. The van der Waals surface area contributed by atoms with E-state index in [2.05, 4.69) is 26.0 Å².